The normalized spacial score (nSPS) is 20.3. The highest BCUT2D eigenvalue weighted by Crippen LogP contribution is 2.37. The molecule has 312 valence electrons. The molecule has 11 nitrogen and oxygen atoms in total. The van der Waals surface area contributed by atoms with Crippen molar-refractivity contribution in [1.82, 2.24) is 34.6 Å². The van der Waals surface area contributed by atoms with Crippen LogP contribution in [0.15, 0.2) is 116 Å². The van der Waals surface area contributed by atoms with Crippen molar-refractivity contribution in [1.29, 1.82) is 0 Å². The van der Waals surface area contributed by atoms with Gasteiger partial charge in [-0.3, -0.25) is 14.5 Å². The van der Waals surface area contributed by atoms with Gasteiger partial charge in [0.1, 0.15) is 17.7 Å². The summed E-state index contributed by atoms with van der Waals surface area (Å²) in [7, 11) is 0. The third kappa shape index (κ3) is 8.12. The maximum atomic E-state index is 14.4. The van der Waals surface area contributed by atoms with Crippen molar-refractivity contribution < 1.29 is 14.3 Å². The molecule has 10 rings (SSSR count). The summed E-state index contributed by atoms with van der Waals surface area (Å²) in [4.78, 5) is 53.6. The zero-order valence-corrected chi connectivity index (χ0v) is 34.7. The number of piperidine rings is 1. The van der Waals surface area contributed by atoms with Crippen molar-refractivity contribution in [3.05, 3.63) is 138 Å². The number of carbonyl (C=O) groups excluding carboxylic acids is 2. The third-order valence-electron chi connectivity index (χ3n) is 13.2. The minimum atomic E-state index is -0.258. The van der Waals surface area contributed by atoms with E-state index in [-0.39, 0.29) is 29.9 Å². The number of ether oxygens (including phenoxy) is 1. The molecule has 11 heteroatoms. The van der Waals surface area contributed by atoms with E-state index in [0.717, 1.165) is 141 Å². The van der Waals surface area contributed by atoms with Gasteiger partial charge >= 0.3 is 0 Å². The molecule has 2 aromatic heterocycles. The predicted octanol–water partition coefficient (Wildman–Crippen LogP) is 8.84. The van der Waals surface area contributed by atoms with E-state index in [0.29, 0.717) is 12.1 Å². The van der Waals surface area contributed by atoms with Crippen LogP contribution >= 0.6 is 0 Å². The summed E-state index contributed by atoms with van der Waals surface area (Å²) in [6.45, 7) is 6.58. The van der Waals surface area contributed by atoms with Gasteiger partial charge in [0.25, 0.3) is 5.91 Å². The van der Waals surface area contributed by atoms with E-state index in [1.165, 1.54) is 6.42 Å². The highest BCUT2D eigenvalue weighted by molar-refractivity contribution is 5.95. The first-order chi connectivity index (χ1) is 30.1. The van der Waals surface area contributed by atoms with Crippen LogP contribution in [0.25, 0.3) is 33.6 Å². The lowest BCUT2D eigenvalue weighted by Gasteiger charge is -2.37. The van der Waals surface area contributed by atoms with Crippen LogP contribution in [0, 0.1) is 0 Å². The molecule has 4 aliphatic rings. The lowest BCUT2D eigenvalue weighted by atomic mass is 10.00. The van der Waals surface area contributed by atoms with Crippen molar-refractivity contribution in [2.75, 3.05) is 57.4 Å². The molecule has 2 amide bonds. The van der Waals surface area contributed by atoms with Crippen LogP contribution in [-0.4, -0.2) is 98.9 Å². The number of carbonyl (C=O) groups is 2. The Morgan fingerprint density at radius 1 is 0.574 bits per heavy atom. The van der Waals surface area contributed by atoms with Crippen LogP contribution in [-0.2, 0) is 9.53 Å². The second-order valence-corrected chi connectivity index (χ2v) is 16.9. The van der Waals surface area contributed by atoms with Gasteiger partial charge in [-0.1, -0.05) is 85.3 Å². The van der Waals surface area contributed by atoms with E-state index in [9.17, 15) is 9.59 Å². The summed E-state index contributed by atoms with van der Waals surface area (Å²) in [6, 6.07) is 35.0. The van der Waals surface area contributed by atoms with E-state index >= 15 is 0 Å². The summed E-state index contributed by atoms with van der Waals surface area (Å²) >= 11 is 0. The number of nitrogens with zero attached hydrogens (tertiary/aromatic N) is 6. The summed E-state index contributed by atoms with van der Waals surface area (Å²) in [5.41, 5.74) is 9.14. The highest BCUT2D eigenvalue weighted by atomic mass is 16.5. The summed E-state index contributed by atoms with van der Waals surface area (Å²) in [5.74, 6) is 1.92. The van der Waals surface area contributed by atoms with Gasteiger partial charge in [0, 0.05) is 37.4 Å². The minimum Gasteiger partial charge on any atom is -0.378 e. The zero-order chi connectivity index (χ0) is 41.1. The van der Waals surface area contributed by atoms with Crippen LogP contribution in [0.5, 0.6) is 0 Å². The van der Waals surface area contributed by atoms with Crippen LogP contribution in [0.3, 0.4) is 0 Å². The Morgan fingerprint density at radius 3 is 1.70 bits per heavy atom. The molecule has 4 saturated heterocycles. The number of nitrogens with one attached hydrogen (secondary N) is 2. The van der Waals surface area contributed by atoms with Gasteiger partial charge in [-0.15, -0.1) is 0 Å². The molecule has 3 atom stereocenters. The molecule has 0 radical (unpaired) electrons. The SMILES string of the molecule is O=C(c1ccc(N2CCOCC2)cc1)N1CCC[C@H]1c1ncc(-c2ccc(-c3ccc(-c4cnc([C@@H]5CCCN5C(=O)C(c5ccccc5)N5CCCCC5)[nH]4)cc3)cc2)[nH]1. The Kier molecular flexibility index (Phi) is 11.2. The fourth-order valence-electron chi connectivity index (χ4n) is 9.88. The number of rotatable bonds is 10. The van der Waals surface area contributed by atoms with Gasteiger partial charge in [0.2, 0.25) is 5.91 Å². The van der Waals surface area contributed by atoms with Crippen LogP contribution in [0.2, 0.25) is 0 Å². The van der Waals surface area contributed by atoms with Crippen LogP contribution in [0.4, 0.5) is 5.69 Å². The Balaban J connectivity index is 0.786. The van der Waals surface area contributed by atoms with Crippen molar-refractivity contribution in [2.24, 2.45) is 0 Å². The minimum absolute atomic E-state index is 0.0463. The molecule has 1 unspecified atom stereocenters. The van der Waals surface area contributed by atoms with Crippen molar-refractivity contribution >= 4 is 17.5 Å². The van der Waals surface area contributed by atoms with E-state index < -0.39 is 0 Å². The Hall–Kier alpha value is -6.04. The molecule has 0 bridgehead atoms. The van der Waals surface area contributed by atoms with Crippen molar-refractivity contribution in [3.8, 4) is 33.6 Å². The Bertz CT molecular complexity index is 2420. The first-order valence-electron chi connectivity index (χ1n) is 22.2. The maximum Gasteiger partial charge on any atom is 0.254 e. The van der Waals surface area contributed by atoms with Gasteiger partial charge in [0.05, 0.1) is 49.1 Å². The molecule has 6 heterocycles. The number of hydrogen-bond donors (Lipinski definition) is 2. The Labute approximate surface area is 357 Å². The van der Waals surface area contributed by atoms with Gasteiger partial charge < -0.3 is 29.4 Å². The van der Waals surface area contributed by atoms with Gasteiger partial charge in [-0.2, -0.15) is 0 Å². The molecular formula is C50H54N8O3. The van der Waals surface area contributed by atoms with Crippen LogP contribution in [0.1, 0.15) is 90.6 Å². The number of morpholine rings is 1. The standard InChI is InChI=1S/C50H54N8O3/c59-49(40-21-23-41(24-22-40)55-29-31-61-32-30-55)57-27-7-11-44(57)47-51-33-42(53-47)37-17-13-35(14-18-37)36-15-19-38(20-16-36)43-34-52-48(54-43)45-12-8-28-58(45)50(60)46(39-9-3-1-4-10-39)56-25-5-2-6-26-56/h1,3-4,9-10,13-24,33-34,44-46H,2,5-8,11-12,25-32H2,(H,51,53)(H,52,54)/t44-,45-,46?/m0/s1. The first kappa shape index (κ1) is 39.1. The van der Waals surface area contributed by atoms with E-state index in [4.69, 9.17) is 14.7 Å². The van der Waals surface area contributed by atoms with Crippen molar-refractivity contribution in [2.45, 2.75) is 63.1 Å². The van der Waals surface area contributed by atoms with E-state index in [2.05, 4.69) is 97.5 Å². The molecule has 4 fully saturated rings. The molecule has 6 aromatic rings. The van der Waals surface area contributed by atoms with E-state index in [1.54, 1.807) is 0 Å². The number of anilines is 1. The molecular weight excluding hydrogens is 761 g/mol. The fraction of sp³-hybridized carbons (Fsp3) is 0.360. The summed E-state index contributed by atoms with van der Waals surface area (Å²) < 4.78 is 5.49. The molecule has 61 heavy (non-hydrogen) atoms. The zero-order valence-electron chi connectivity index (χ0n) is 34.7. The smallest absolute Gasteiger partial charge is 0.254 e. The first-order valence-corrected chi connectivity index (χ1v) is 22.2. The van der Waals surface area contributed by atoms with E-state index in [1.807, 2.05) is 47.6 Å². The predicted molar refractivity (Wildman–Crippen MR) is 238 cm³/mol. The molecule has 4 aromatic carbocycles. The molecule has 2 N–H and O–H groups in total. The largest absolute Gasteiger partial charge is 0.378 e. The molecule has 0 spiro atoms. The molecule has 0 aliphatic carbocycles. The number of hydrogen-bond acceptors (Lipinski definition) is 7. The monoisotopic (exact) mass is 814 g/mol. The average molecular weight is 815 g/mol. The number of amides is 2. The van der Waals surface area contributed by atoms with Crippen LogP contribution < -0.4 is 4.90 Å². The topological polar surface area (TPSA) is 114 Å². The highest BCUT2D eigenvalue weighted by Gasteiger charge is 2.39. The number of aromatic nitrogens is 4. The number of H-pyrrole nitrogens is 2. The summed E-state index contributed by atoms with van der Waals surface area (Å²) in [5, 5.41) is 0. The number of aromatic amines is 2. The quantitative estimate of drug-likeness (QED) is 0.142. The van der Waals surface area contributed by atoms with Crippen molar-refractivity contribution in [3.63, 3.8) is 0 Å². The maximum absolute atomic E-state index is 14.4. The number of benzene rings is 4. The number of likely N-dealkylation sites (tertiary alicyclic amines) is 3. The molecule has 4 aliphatic heterocycles. The fourth-order valence-corrected chi connectivity index (χ4v) is 9.88. The lowest BCUT2D eigenvalue weighted by molar-refractivity contribution is -0.139. The lowest BCUT2D eigenvalue weighted by Crippen LogP contribution is -2.44. The summed E-state index contributed by atoms with van der Waals surface area (Å²) in [6.07, 6.45) is 11.0. The second-order valence-electron chi connectivity index (χ2n) is 16.9. The Morgan fingerprint density at radius 2 is 1.11 bits per heavy atom. The van der Waals surface area contributed by atoms with Gasteiger partial charge in [-0.25, -0.2) is 9.97 Å². The second kappa shape index (κ2) is 17.5. The van der Waals surface area contributed by atoms with Gasteiger partial charge in [0.15, 0.2) is 0 Å². The third-order valence-corrected chi connectivity index (χ3v) is 13.2. The van der Waals surface area contributed by atoms with Gasteiger partial charge in [-0.05, 0) is 104 Å². The average Bonchev–Trinajstić information content (AvgIpc) is 4.18. The number of imidazole rings is 2. The molecule has 0 saturated carbocycles.